The second-order valence-electron chi connectivity index (χ2n) is 8.03. The summed E-state index contributed by atoms with van der Waals surface area (Å²) in [4.78, 5) is 33.5. The number of benzene rings is 1. The van der Waals surface area contributed by atoms with Gasteiger partial charge in [-0.3, -0.25) is 14.6 Å². The number of rotatable bonds is 6. The number of carbonyl (C=O) groups excluding carboxylic acids is 2. The van der Waals surface area contributed by atoms with Crippen LogP contribution in [0.25, 0.3) is 0 Å². The highest BCUT2D eigenvalue weighted by molar-refractivity contribution is 5.92. The molecule has 2 fully saturated rings. The third-order valence-electron chi connectivity index (χ3n) is 6.32. The molecule has 1 aliphatic heterocycles. The van der Waals surface area contributed by atoms with Crippen molar-refractivity contribution in [2.45, 2.75) is 37.3 Å². The van der Waals surface area contributed by atoms with Crippen molar-refractivity contribution in [2.75, 3.05) is 20.2 Å². The summed E-state index contributed by atoms with van der Waals surface area (Å²) in [6.45, 7) is 0.330. The molecule has 0 unspecified atom stereocenters. The highest BCUT2D eigenvalue weighted by Gasteiger charge is 2.53. The van der Waals surface area contributed by atoms with E-state index in [0.717, 1.165) is 24.8 Å². The van der Waals surface area contributed by atoms with Gasteiger partial charge >= 0.3 is 0 Å². The molecule has 1 aromatic carbocycles. The number of likely N-dealkylation sites (tertiary alicyclic amines) is 1. The van der Waals surface area contributed by atoms with Crippen LogP contribution in [0.4, 0.5) is 0 Å². The topological polar surface area (TPSA) is 73.7 Å². The van der Waals surface area contributed by atoms with E-state index in [4.69, 9.17) is 0 Å². The van der Waals surface area contributed by atoms with Crippen LogP contribution >= 0.6 is 0 Å². The molecule has 4 rings (SSSR count). The van der Waals surface area contributed by atoms with Gasteiger partial charge in [-0.25, -0.2) is 0 Å². The van der Waals surface area contributed by atoms with Gasteiger partial charge in [0, 0.05) is 31.6 Å². The van der Waals surface area contributed by atoms with Gasteiger partial charge < -0.3 is 14.9 Å². The SMILES string of the molecule is CN(C[C@@H]1[C@@H](c2ccccc2)[C@H](CO)N1C(=O)C1CCC1)C(=O)c1ccccn1. The quantitative estimate of drug-likeness (QED) is 0.817. The molecular formula is C23H27N3O3. The average molecular weight is 393 g/mol. The lowest BCUT2D eigenvalue weighted by Gasteiger charge is -2.57. The minimum Gasteiger partial charge on any atom is -0.394 e. The summed E-state index contributed by atoms with van der Waals surface area (Å²) in [7, 11) is 1.75. The molecule has 1 saturated carbocycles. The second kappa shape index (κ2) is 8.33. The monoisotopic (exact) mass is 393 g/mol. The van der Waals surface area contributed by atoms with Gasteiger partial charge in [-0.2, -0.15) is 0 Å². The number of amides is 2. The first kappa shape index (κ1) is 19.6. The number of pyridine rings is 1. The van der Waals surface area contributed by atoms with Crippen LogP contribution in [-0.4, -0.2) is 64.0 Å². The summed E-state index contributed by atoms with van der Waals surface area (Å²) < 4.78 is 0. The third kappa shape index (κ3) is 3.65. The zero-order chi connectivity index (χ0) is 20.4. The summed E-state index contributed by atoms with van der Waals surface area (Å²) >= 11 is 0. The standard InChI is InChI=1S/C23H27N3O3/c1-25(23(29)18-12-5-6-13-24-18)14-19-21(16-8-3-2-4-9-16)20(15-27)26(19)22(28)17-10-7-11-17/h2-6,8-9,12-13,17,19-21,27H,7,10-11,14-15H2,1H3/t19-,20+,21-/m1/s1. The van der Waals surface area contributed by atoms with Crippen molar-refractivity contribution in [1.29, 1.82) is 0 Å². The van der Waals surface area contributed by atoms with Crippen LogP contribution in [0.15, 0.2) is 54.7 Å². The molecule has 6 heteroatoms. The molecule has 0 spiro atoms. The lowest BCUT2D eigenvalue weighted by Crippen LogP contribution is -2.69. The largest absolute Gasteiger partial charge is 0.394 e. The Hall–Kier alpha value is -2.73. The Morgan fingerprint density at radius 1 is 1.10 bits per heavy atom. The van der Waals surface area contributed by atoms with E-state index in [1.807, 2.05) is 35.2 Å². The molecule has 1 aliphatic carbocycles. The first-order valence-corrected chi connectivity index (χ1v) is 10.3. The zero-order valence-electron chi connectivity index (χ0n) is 16.6. The molecule has 1 N–H and O–H groups in total. The van der Waals surface area contributed by atoms with E-state index in [2.05, 4.69) is 4.98 Å². The van der Waals surface area contributed by atoms with E-state index in [9.17, 15) is 14.7 Å². The minimum atomic E-state index is -0.242. The molecule has 2 amide bonds. The highest BCUT2D eigenvalue weighted by atomic mass is 16.3. The van der Waals surface area contributed by atoms with Crippen LogP contribution in [0.5, 0.6) is 0 Å². The smallest absolute Gasteiger partial charge is 0.272 e. The lowest BCUT2D eigenvalue weighted by atomic mass is 9.72. The number of nitrogens with zero attached hydrogens (tertiary/aromatic N) is 3. The predicted molar refractivity (Wildman–Crippen MR) is 109 cm³/mol. The Balaban J connectivity index is 1.58. The summed E-state index contributed by atoms with van der Waals surface area (Å²) in [5.74, 6) is 0.0105. The number of aliphatic hydroxyl groups excluding tert-OH is 1. The van der Waals surface area contributed by atoms with E-state index < -0.39 is 0 Å². The first-order valence-electron chi connectivity index (χ1n) is 10.3. The Bertz CT molecular complexity index is 854. The number of aliphatic hydroxyl groups is 1. The molecule has 3 atom stereocenters. The number of aromatic nitrogens is 1. The second-order valence-corrected chi connectivity index (χ2v) is 8.03. The van der Waals surface area contributed by atoms with Gasteiger partial charge in [-0.05, 0) is 30.5 Å². The van der Waals surface area contributed by atoms with Crippen LogP contribution in [0.1, 0.15) is 41.2 Å². The van der Waals surface area contributed by atoms with Gasteiger partial charge in [-0.1, -0.05) is 42.8 Å². The van der Waals surface area contributed by atoms with Gasteiger partial charge in [0.15, 0.2) is 0 Å². The van der Waals surface area contributed by atoms with Crippen LogP contribution < -0.4 is 0 Å². The van der Waals surface area contributed by atoms with E-state index in [1.165, 1.54) is 0 Å². The van der Waals surface area contributed by atoms with Gasteiger partial charge in [0.1, 0.15) is 5.69 Å². The minimum absolute atomic E-state index is 0.00390. The van der Waals surface area contributed by atoms with Crippen LogP contribution in [-0.2, 0) is 4.79 Å². The third-order valence-corrected chi connectivity index (χ3v) is 6.32. The molecule has 2 aliphatic rings. The van der Waals surface area contributed by atoms with Crippen LogP contribution in [0.2, 0.25) is 0 Å². The fourth-order valence-electron chi connectivity index (χ4n) is 4.51. The van der Waals surface area contributed by atoms with E-state index in [-0.39, 0.29) is 42.3 Å². The summed E-state index contributed by atoms with van der Waals surface area (Å²) in [5, 5.41) is 10.1. The van der Waals surface area contributed by atoms with Crippen molar-refractivity contribution in [1.82, 2.24) is 14.8 Å². The lowest BCUT2D eigenvalue weighted by molar-refractivity contribution is -0.158. The Labute approximate surface area is 171 Å². The summed E-state index contributed by atoms with van der Waals surface area (Å²) in [6.07, 6.45) is 4.52. The number of carbonyl (C=O) groups is 2. The van der Waals surface area contributed by atoms with Crippen LogP contribution in [0.3, 0.4) is 0 Å². The maximum Gasteiger partial charge on any atom is 0.272 e. The van der Waals surface area contributed by atoms with Crippen molar-refractivity contribution in [2.24, 2.45) is 5.92 Å². The van der Waals surface area contributed by atoms with Gasteiger partial charge in [0.05, 0.1) is 18.7 Å². The molecule has 2 heterocycles. The number of hydrogen-bond acceptors (Lipinski definition) is 4. The molecular weight excluding hydrogens is 366 g/mol. The maximum atomic E-state index is 13.1. The molecule has 0 radical (unpaired) electrons. The van der Waals surface area contributed by atoms with Crippen molar-refractivity contribution < 1.29 is 14.7 Å². The number of likely N-dealkylation sites (N-methyl/N-ethyl adjacent to an activating group) is 1. The highest BCUT2D eigenvalue weighted by Crippen LogP contribution is 2.43. The molecule has 152 valence electrons. The van der Waals surface area contributed by atoms with Crippen LogP contribution in [0, 0.1) is 5.92 Å². The fourth-order valence-corrected chi connectivity index (χ4v) is 4.51. The Morgan fingerprint density at radius 3 is 2.41 bits per heavy atom. The fraction of sp³-hybridized carbons (Fsp3) is 0.435. The normalized spacial score (nSPS) is 23.8. The molecule has 0 bridgehead atoms. The predicted octanol–water partition coefficient (Wildman–Crippen LogP) is 2.31. The Kier molecular flexibility index (Phi) is 5.62. The maximum absolute atomic E-state index is 13.1. The number of hydrogen-bond donors (Lipinski definition) is 1. The molecule has 1 aromatic heterocycles. The van der Waals surface area contributed by atoms with Gasteiger partial charge in [-0.15, -0.1) is 0 Å². The Morgan fingerprint density at radius 2 is 1.83 bits per heavy atom. The van der Waals surface area contributed by atoms with Crippen molar-refractivity contribution in [3.05, 3.63) is 66.0 Å². The van der Waals surface area contributed by atoms with Crippen molar-refractivity contribution in [3.63, 3.8) is 0 Å². The van der Waals surface area contributed by atoms with Crippen molar-refractivity contribution in [3.8, 4) is 0 Å². The molecule has 29 heavy (non-hydrogen) atoms. The van der Waals surface area contributed by atoms with E-state index in [1.54, 1.807) is 36.3 Å². The van der Waals surface area contributed by atoms with Gasteiger partial charge in [0.25, 0.3) is 5.91 Å². The van der Waals surface area contributed by atoms with Crippen molar-refractivity contribution >= 4 is 11.8 Å². The zero-order valence-corrected chi connectivity index (χ0v) is 16.6. The first-order chi connectivity index (χ1) is 14.1. The van der Waals surface area contributed by atoms with Gasteiger partial charge in [0.2, 0.25) is 5.91 Å². The van der Waals surface area contributed by atoms with E-state index in [0.29, 0.717) is 12.2 Å². The molecule has 2 aromatic rings. The summed E-state index contributed by atoms with van der Waals surface area (Å²) in [6, 6.07) is 14.8. The average Bonchev–Trinajstić information content (AvgIpc) is 2.70. The molecule has 6 nitrogen and oxygen atoms in total. The van der Waals surface area contributed by atoms with E-state index >= 15 is 0 Å². The molecule has 1 saturated heterocycles. The summed E-state index contributed by atoms with van der Waals surface area (Å²) in [5.41, 5.74) is 1.48.